The molecule has 0 aliphatic carbocycles. The summed E-state index contributed by atoms with van der Waals surface area (Å²) < 4.78 is 4.51. The van der Waals surface area contributed by atoms with E-state index in [2.05, 4.69) is 11.2 Å². The summed E-state index contributed by atoms with van der Waals surface area (Å²) in [4.78, 5) is 10.9. The molecule has 0 amide bonds. The lowest BCUT2D eigenvalue weighted by atomic mass is 10.2. The van der Waals surface area contributed by atoms with E-state index in [4.69, 9.17) is 0 Å². The van der Waals surface area contributed by atoms with Crippen molar-refractivity contribution in [1.29, 1.82) is 0 Å². The molecule has 0 saturated carbocycles. The van der Waals surface area contributed by atoms with Crippen molar-refractivity contribution in [2.24, 2.45) is 0 Å². The minimum atomic E-state index is -0.328. The first-order valence-electron chi connectivity index (χ1n) is 3.30. The molecule has 0 aliphatic heterocycles. The molecule has 11 heavy (non-hydrogen) atoms. The Balaban J connectivity index is 4.31. The first kappa shape index (κ1) is 9.75. The highest BCUT2D eigenvalue weighted by atomic mass is 16.5. The molecule has 0 N–H and O–H groups in total. The monoisotopic (exact) mass is 150 g/mol. The molecule has 0 bridgehead atoms. The van der Waals surface area contributed by atoms with E-state index in [1.54, 1.807) is 31.2 Å². The van der Waals surface area contributed by atoms with Crippen LogP contribution in [0.1, 0.15) is 6.92 Å². The van der Waals surface area contributed by atoms with Crippen molar-refractivity contribution in [3.05, 3.63) is 36.5 Å². The average Bonchev–Trinajstić information content (AvgIpc) is 2.05. The summed E-state index contributed by atoms with van der Waals surface area (Å²) in [6.45, 7) is 5.26. The number of carbonyl (C=O) groups is 1. The van der Waals surface area contributed by atoms with Crippen molar-refractivity contribution in [1.82, 2.24) is 0 Å². The van der Waals surface area contributed by atoms with Crippen LogP contribution in [-0.2, 0) is 9.45 Å². The quantitative estimate of drug-likeness (QED) is 0.337. The maximum absolute atomic E-state index is 10.9. The second-order valence-corrected chi connectivity index (χ2v) is 1.83. The zero-order chi connectivity index (χ0) is 8.69. The summed E-state index contributed by atoms with van der Waals surface area (Å²) >= 11 is 0. The Kier molecular flexibility index (Phi) is 4.91. The molecular formula is C8H11BO2. The molecule has 0 saturated heterocycles. The van der Waals surface area contributed by atoms with Crippen LogP contribution in [0.15, 0.2) is 36.5 Å². The van der Waals surface area contributed by atoms with Gasteiger partial charge < -0.3 is 4.65 Å². The van der Waals surface area contributed by atoms with Crippen molar-refractivity contribution in [3.8, 4) is 0 Å². The van der Waals surface area contributed by atoms with E-state index in [1.807, 2.05) is 0 Å². The Labute approximate surface area is 67.7 Å². The highest BCUT2D eigenvalue weighted by Crippen LogP contribution is 1.98. The van der Waals surface area contributed by atoms with E-state index in [0.717, 1.165) is 0 Å². The predicted octanol–water partition coefficient (Wildman–Crippen LogP) is 0.766. The molecular weight excluding hydrogens is 139 g/mol. The van der Waals surface area contributed by atoms with Crippen molar-refractivity contribution in [2.75, 3.05) is 0 Å². The summed E-state index contributed by atoms with van der Waals surface area (Å²) in [5, 5.41) is 0. The molecule has 0 fully saturated rings. The van der Waals surface area contributed by atoms with Crippen LogP contribution in [0.5, 0.6) is 0 Å². The van der Waals surface area contributed by atoms with Crippen LogP contribution in [0.4, 0.5) is 0 Å². The topological polar surface area (TPSA) is 26.3 Å². The number of allylic oxidation sites excluding steroid dienone is 3. The van der Waals surface area contributed by atoms with Crippen LogP contribution in [0.25, 0.3) is 0 Å². The minimum absolute atomic E-state index is 0.328. The molecule has 0 atom stereocenters. The summed E-state index contributed by atoms with van der Waals surface area (Å²) in [6.07, 6.45) is 6.63. The van der Waals surface area contributed by atoms with E-state index < -0.39 is 0 Å². The smallest absolute Gasteiger partial charge is 0.326 e. The van der Waals surface area contributed by atoms with Gasteiger partial charge in [-0.2, -0.15) is 0 Å². The third-order valence-corrected chi connectivity index (χ3v) is 1.14. The minimum Gasteiger partial charge on any atom is -0.540 e. The Bertz CT molecular complexity index is 204. The maximum atomic E-state index is 10.9. The van der Waals surface area contributed by atoms with Gasteiger partial charge in [0.15, 0.2) is 0 Å². The molecule has 2 nitrogen and oxygen atoms in total. The molecule has 0 heterocycles. The Morgan fingerprint density at radius 3 is 2.64 bits per heavy atom. The lowest BCUT2D eigenvalue weighted by Gasteiger charge is -1.97. The fraction of sp³-hybridized carbons (Fsp3) is 0.125. The number of hydrogen-bond acceptors (Lipinski definition) is 2. The predicted molar refractivity (Wildman–Crippen MR) is 47.7 cm³/mol. The van der Waals surface area contributed by atoms with E-state index in [9.17, 15) is 4.79 Å². The van der Waals surface area contributed by atoms with Crippen LogP contribution in [0.3, 0.4) is 0 Å². The van der Waals surface area contributed by atoms with Crippen molar-refractivity contribution >= 4 is 14.0 Å². The number of hydrogen-bond donors (Lipinski definition) is 0. The van der Waals surface area contributed by atoms with E-state index in [0.29, 0.717) is 5.57 Å². The Hall–Kier alpha value is -1.25. The first-order chi connectivity index (χ1) is 5.26. The Morgan fingerprint density at radius 1 is 1.64 bits per heavy atom. The summed E-state index contributed by atoms with van der Waals surface area (Å²) in [5.74, 6) is -0.328. The second-order valence-electron chi connectivity index (χ2n) is 1.83. The van der Waals surface area contributed by atoms with Crippen LogP contribution in [0, 0.1) is 0 Å². The van der Waals surface area contributed by atoms with Gasteiger partial charge in [-0.3, -0.25) is 0 Å². The van der Waals surface area contributed by atoms with Gasteiger partial charge in [-0.25, -0.2) is 4.79 Å². The van der Waals surface area contributed by atoms with Gasteiger partial charge in [-0.05, 0) is 13.0 Å². The highest BCUT2D eigenvalue weighted by Gasteiger charge is 2.01. The average molecular weight is 150 g/mol. The molecule has 0 aromatic carbocycles. The number of carbonyl (C=O) groups excluding carboxylic acids is 1. The maximum Gasteiger partial charge on any atom is 0.326 e. The Morgan fingerprint density at radius 2 is 2.27 bits per heavy atom. The lowest BCUT2D eigenvalue weighted by Crippen LogP contribution is -2.02. The summed E-state index contributed by atoms with van der Waals surface area (Å²) in [7, 11) is 1.35. The van der Waals surface area contributed by atoms with Gasteiger partial charge in [0.2, 0.25) is 0 Å². The molecule has 0 rings (SSSR count). The fourth-order valence-corrected chi connectivity index (χ4v) is 0.572. The summed E-state index contributed by atoms with van der Waals surface area (Å²) in [5.41, 5.74) is 0.535. The van der Waals surface area contributed by atoms with Gasteiger partial charge in [0, 0.05) is 0 Å². The van der Waals surface area contributed by atoms with E-state index in [1.165, 1.54) is 8.05 Å². The molecule has 0 aliphatic rings. The first-order valence-corrected chi connectivity index (χ1v) is 3.30. The normalized spacial score (nSPS) is 11.5. The fourth-order valence-electron chi connectivity index (χ4n) is 0.572. The highest BCUT2D eigenvalue weighted by molar-refractivity contribution is 6.09. The van der Waals surface area contributed by atoms with Crippen molar-refractivity contribution in [2.45, 2.75) is 6.92 Å². The van der Waals surface area contributed by atoms with Gasteiger partial charge in [-0.15, -0.1) is 0 Å². The van der Waals surface area contributed by atoms with Crippen molar-refractivity contribution < 1.29 is 9.45 Å². The third-order valence-electron chi connectivity index (χ3n) is 1.14. The third kappa shape index (κ3) is 3.45. The van der Waals surface area contributed by atoms with Gasteiger partial charge >= 0.3 is 14.0 Å². The standard InChI is InChI=1S/C8H11BO2/c1-3-5-6-7(4-2)8(10)11-9/h3-6H,1,9H2,2H3/b6-5-,7-4+. The number of rotatable bonds is 3. The van der Waals surface area contributed by atoms with Crippen LogP contribution in [-0.4, -0.2) is 14.0 Å². The molecule has 0 spiro atoms. The molecule has 3 heteroatoms. The zero-order valence-corrected chi connectivity index (χ0v) is 6.83. The SMILES string of the molecule is BOC(=O)C(/C=C\C=C)=C/C. The second kappa shape index (κ2) is 5.53. The van der Waals surface area contributed by atoms with Crippen LogP contribution < -0.4 is 0 Å². The van der Waals surface area contributed by atoms with E-state index in [-0.39, 0.29) is 5.97 Å². The molecule has 0 aromatic rings. The largest absolute Gasteiger partial charge is 0.540 e. The van der Waals surface area contributed by atoms with E-state index >= 15 is 0 Å². The van der Waals surface area contributed by atoms with Gasteiger partial charge in [-0.1, -0.05) is 24.8 Å². The van der Waals surface area contributed by atoms with Crippen molar-refractivity contribution in [3.63, 3.8) is 0 Å². The lowest BCUT2D eigenvalue weighted by molar-refractivity contribution is -0.129. The molecule has 0 radical (unpaired) electrons. The molecule has 0 unspecified atom stereocenters. The van der Waals surface area contributed by atoms with Gasteiger partial charge in [0.25, 0.3) is 0 Å². The molecule has 58 valence electrons. The van der Waals surface area contributed by atoms with Gasteiger partial charge in [0.05, 0.1) is 5.57 Å². The summed E-state index contributed by atoms with van der Waals surface area (Å²) in [6, 6.07) is 0. The van der Waals surface area contributed by atoms with Crippen LogP contribution in [0.2, 0.25) is 0 Å². The van der Waals surface area contributed by atoms with Gasteiger partial charge in [0.1, 0.15) is 0 Å². The molecule has 0 aromatic heterocycles. The van der Waals surface area contributed by atoms with Crippen LogP contribution >= 0.6 is 0 Å². The zero-order valence-electron chi connectivity index (χ0n) is 6.83.